The Balaban J connectivity index is 4.14. The molecule has 0 aliphatic carbocycles. The van der Waals surface area contributed by atoms with Crippen molar-refractivity contribution in [3.05, 3.63) is 24.3 Å². The van der Waals surface area contributed by atoms with E-state index < -0.39 is 0 Å². The molecule has 0 N–H and O–H groups in total. The predicted octanol–water partition coefficient (Wildman–Crippen LogP) is 2.46. The highest BCUT2D eigenvalue weighted by Gasteiger charge is 2.12. The Bertz CT molecular complexity index is 188. The number of hydrogen-bond donors (Lipinski definition) is 0. The quantitative estimate of drug-likeness (QED) is 0.476. The first-order chi connectivity index (χ1) is 5.43. The standard InChI is InChI=1S/C10H16O2/c1-7(2)6-10(8(3)4)12-9(5)11/h10H,1,3,6H2,2,4-5H3. The molecule has 0 aromatic carbocycles. The number of carbonyl (C=O) groups is 1. The zero-order valence-corrected chi connectivity index (χ0v) is 8.02. The molecule has 0 aliphatic heterocycles. The van der Waals surface area contributed by atoms with Crippen molar-refractivity contribution in [1.29, 1.82) is 0 Å². The second-order valence-electron chi connectivity index (χ2n) is 3.11. The van der Waals surface area contributed by atoms with Gasteiger partial charge in [0.2, 0.25) is 0 Å². The first-order valence-corrected chi connectivity index (χ1v) is 3.90. The SMILES string of the molecule is C=C(C)CC(OC(C)=O)C(=C)C. The maximum atomic E-state index is 10.6. The lowest BCUT2D eigenvalue weighted by atomic mass is 10.1. The van der Waals surface area contributed by atoms with E-state index >= 15 is 0 Å². The summed E-state index contributed by atoms with van der Waals surface area (Å²) in [6.45, 7) is 12.6. The van der Waals surface area contributed by atoms with E-state index in [1.807, 2.05) is 13.8 Å². The third-order valence-corrected chi connectivity index (χ3v) is 1.39. The summed E-state index contributed by atoms with van der Waals surface area (Å²) in [6.07, 6.45) is 0.453. The first-order valence-electron chi connectivity index (χ1n) is 3.90. The molecule has 2 heteroatoms. The number of esters is 1. The Hall–Kier alpha value is -1.05. The van der Waals surface area contributed by atoms with Gasteiger partial charge in [-0.25, -0.2) is 0 Å². The van der Waals surface area contributed by atoms with Crippen LogP contribution in [0.3, 0.4) is 0 Å². The molecule has 68 valence electrons. The Morgan fingerprint density at radius 2 is 1.83 bits per heavy atom. The van der Waals surface area contributed by atoms with Crippen LogP contribution < -0.4 is 0 Å². The van der Waals surface area contributed by atoms with Gasteiger partial charge in [0.1, 0.15) is 6.10 Å². The van der Waals surface area contributed by atoms with Crippen molar-refractivity contribution in [1.82, 2.24) is 0 Å². The van der Waals surface area contributed by atoms with E-state index in [9.17, 15) is 4.79 Å². The van der Waals surface area contributed by atoms with Crippen LogP contribution >= 0.6 is 0 Å². The minimum absolute atomic E-state index is 0.208. The van der Waals surface area contributed by atoms with Crippen LogP contribution in [-0.2, 0) is 9.53 Å². The van der Waals surface area contributed by atoms with E-state index in [-0.39, 0.29) is 12.1 Å². The molecule has 2 nitrogen and oxygen atoms in total. The van der Waals surface area contributed by atoms with Gasteiger partial charge in [-0.05, 0) is 19.4 Å². The molecular weight excluding hydrogens is 152 g/mol. The Morgan fingerprint density at radius 1 is 1.33 bits per heavy atom. The largest absolute Gasteiger partial charge is 0.458 e. The third-order valence-electron chi connectivity index (χ3n) is 1.39. The van der Waals surface area contributed by atoms with Gasteiger partial charge >= 0.3 is 5.97 Å². The van der Waals surface area contributed by atoms with Crippen molar-refractivity contribution in [3.63, 3.8) is 0 Å². The van der Waals surface area contributed by atoms with Crippen molar-refractivity contribution in [3.8, 4) is 0 Å². The molecule has 0 aromatic heterocycles. The van der Waals surface area contributed by atoms with Crippen LogP contribution in [0.25, 0.3) is 0 Å². The van der Waals surface area contributed by atoms with Crippen molar-refractivity contribution in [2.75, 3.05) is 0 Å². The third kappa shape index (κ3) is 4.72. The second kappa shape index (κ2) is 4.75. The highest BCUT2D eigenvalue weighted by atomic mass is 16.5. The van der Waals surface area contributed by atoms with Crippen LogP contribution in [0.15, 0.2) is 24.3 Å². The van der Waals surface area contributed by atoms with Crippen molar-refractivity contribution >= 4 is 5.97 Å². The van der Waals surface area contributed by atoms with Crippen molar-refractivity contribution in [2.24, 2.45) is 0 Å². The van der Waals surface area contributed by atoms with Gasteiger partial charge in [0.05, 0.1) is 0 Å². The molecule has 0 aromatic rings. The molecule has 0 fully saturated rings. The van der Waals surface area contributed by atoms with E-state index in [4.69, 9.17) is 4.74 Å². The van der Waals surface area contributed by atoms with Gasteiger partial charge < -0.3 is 4.74 Å². The summed E-state index contributed by atoms with van der Waals surface area (Å²) in [4.78, 5) is 10.6. The zero-order valence-electron chi connectivity index (χ0n) is 8.02. The lowest BCUT2D eigenvalue weighted by molar-refractivity contribution is -0.144. The van der Waals surface area contributed by atoms with E-state index in [0.717, 1.165) is 11.1 Å². The van der Waals surface area contributed by atoms with E-state index in [1.165, 1.54) is 6.92 Å². The summed E-state index contributed by atoms with van der Waals surface area (Å²) in [5, 5.41) is 0. The molecule has 0 rings (SSSR count). The molecule has 1 unspecified atom stereocenters. The molecule has 0 heterocycles. The second-order valence-corrected chi connectivity index (χ2v) is 3.11. The van der Waals surface area contributed by atoms with Gasteiger partial charge in [-0.15, -0.1) is 0 Å². The number of rotatable bonds is 4. The summed E-state index contributed by atoms with van der Waals surface area (Å²) in [5.41, 5.74) is 1.84. The van der Waals surface area contributed by atoms with Gasteiger partial charge in [0, 0.05) is 13.3 Å². The Labute approximate surface area is 73.9 Å². The Morgan fingerprint density at radius 3 is 2.08 bits per heavy atom. The fourth-order valence-electron chi connectivity index (χ4n) is 0.833. The fourth-order valence-corrected chi connectivity index (χ4v) is 0.833. The van der Waals surface area contributed by atoms with Crippen LogP contribution in [0, 0.1) is 0 Å². The molecule has 0 amide bonds. The summed E-state index contributed by atoms with van der Waals surface area (Å²) < 4.78 is 5.02. The number of ether oxygens (including phenoxy) is 1. The van der Waals surface area contributed by atoms with Crippen LogP contribution in [0.1, 0.15) is 27.2 Å². The molecule has 1 atom stereocenters. The smallest absolute Gasteiger partial charge is 0.303 e. The lowest BCUT2D eigenvalue weighted by Crippen LogP contribution is -2.17. The summed E-state index contributed by atoms with van der Waals surface area (Å²) >= 11 is 0. The molecular formula is C10H16O2. The molecule has 0 aliphatic rings. The van der Waals surface area contributed by atoms with E-state index in [0.29, 0.717) is 6.42 Å². The van der Waals surface area contributed by atoms with Gasteiger partial charge in [-0.1, -0.05) is 18.7 Å². The van der Waals surface area contributed by atoms with Crippen LogP contribution in [0.4, 0.5) is 0 Å². The summed E-state index contributed by atoms with van der Waals surface area (Å²) in [6, 6.07) is 0. The Kier molecular flexibility index (Phi) is 4.34. The highest BCUT2D eigenvalue weighted by Crippen LogP contribution is 2.13. The molecule has 0 radical (unpaired) electrons. The maximum Gasteiger partial charge on any atom is 0.303 e. The number of hydrogen-bond acceptors (Lipinski definition) is 2. The minimum atomic E-state index is -0.274. The summed E-state index contributed by atoms with van der Waals surface area (Å²) in [5.74, 6) is -0.274. The first kappa shape index (κ1) is 11.0. The zero-order chi connectivity index (χ0) is 9.72. The van der Waals surface area contributed by atoms with Crippen LogP contribution in [0.2, 0.25) is 0 Å². The molecule has 0 saturated heterocycles. The highest BCUT2D eigenvalue weighted by molar-refractivity contribution is 5.66. The van der Waals surface area contributed by atoms with Crippen molar-refractivity contribution < 1.29 is 9.53 Å². The van der Waals surface area contributed by atoms with Crippen LogP contribution in [-0.4, -0.2) is 12.1 Å². The maximum absolute atomic E-state index is 10.6. The fraction of sp³-hybridized carbons (Fsp3) is 0.500. The monoisotopic (exact) mass is 168 g/mol. The average molecular weight is 168 g/mol. The van der Waals surface area contributed by atoms with Crippen LogP contribution in [0.5, 0.6) is 0 Å². The van der Waals surface area contributed by atoms with Gasteiger partial charge in [0.25, 0.3) is 0 Å². The normalized spacial score (nSPS) is 11.9. The van der Waals surface area contributed by atoms with Gasteiger partial charge in [-0.2, -0.15) is 0 Å². The molecule has 0 bridgehead atoms. The van der Waals surface area contributed by atoms with Gasteiger partial charge in [0.15, 0.2) is 0 Å². The number of carbonyl (C=O) groups excluding carboxylic acids is 1. The van der Waals surface area contributed by atoms with Gasteiger partial charge in [-0.3, -0.25) is 4.79 Å². The average Bonchev–Trinajstić information content (AvgIpc) is 1.83. The van der Waals surface area contributed by atoms with E-state index in [1.54, 1.807) is 0 Å². The predicted molar refractivity (Wildman–Crippen MR) is 49.8 cm³/mol. The minimum Gasteiger partial charge on any atom is -0.458 e. The van der Waals surface area contributed by atoms with E-state index in [2.05, 4.69) is 13.2 Å². The summed E-state index contributed by atoms with van der Waals surface area (Å²) in [7, 11) is 0. The molecule has 12 heavy (non-hydrogen) atoms. The van der Waals surface area contributed by atoms with Crippen molar-refractivity contribution in [2.45, 2.75) is 33.3 Å². The molecule has 0 saturated carbocycles. The molecule has 0 spiro atoms. The topological polar surface area (TPSA) is 26.3 Å². The lowest BCUT2D eigenvalue weighted by Gasteiger charge is -2.16.